The largest absolute Gasteiger partial charge is 0.403 e. The van der Waals surface area contributed by atoms with Crippen LogP contribution in [0.2, 0.25) is 0 Å². The van der Waals surface area contributed by atoms with Gasteiger partial charge in [-0.3, -0.25) is 0 Å². The van der Waals surface area contributed by atoms with Gasteiger partial charge in [-0.15, -0.1) is 0 Å². The first-order chi connectivity index (χ1) is 7.24. The molecule has 1 aromatic carbocycles. The standard InChI is InChI=1S/C12H15N3/c1-3-10-4-5-11-8-15(9(2)7-13)14-12(11)6-10/h4-8H,3,13H2,1-2H3/b9-7-. The Labute approximate surface area is 89.2 Å². The van der Waals surface area contributed by atoms with Crippen LogP contribution in [0, 0.1) is 0 Å². The van der Waals surface area contributed by atoms with Crippen molar-refractivity contribution in [1.29, 1.82) is 0 Å². The summed E-state index contributed by atoms with van der Waals surface area (Å²) in [6, 6.07) is 6.35. The van der Waals surface area contributed by atoms with Crippen LogP contribution >= 0.6 is 0 Å². The second-order valence-corrected chi connectivity index (χ2v) is 3.63. The fraction of sp³-hybridized carbons (Fsp3) is 0.250. The highest BCUT2D eigenvalue weighted by Gasteiger charge is 2.01. The Bertz CT molecular complexity index is 509. The van der Waals surface area contributed by atoms with Crippen molar-refractivity contribution in [3.8, 4) is 0 Å². The third-order valence-corrected chi connectivity index (χ3v) is 2.58. The number of rotatable bonds is 2. The number of benzene rings is 1. The molecule has 2 rings (SSSR count). The van der Waals surface area contributed by atoms with E-state index in [1.54, 1.807) is 6.20 Å². The molecule has 0 saturated heterocycles. The van der Waals surface area contributed by atoms with Gasteiger partial charge in [0, 0.05) is 17.8 Å². The number of aromatic nitrogens is 2. The van der Waals surface area contributed by atoms with Crippen LogP contribution in [0.3, 0.4) is 0 Å². The molecule has 78 valence electrons. The van der Waals surface area contributed by atoms with E-state index in [0.717, 1.165) is 23.0 Å². The maximum Gasteiger partial charge on any atom is 0.0930 e. The van der Waals surface area contributed by atoms with Crippen LogP contribution < -0.4 is 5.73 Å². The molecule has 1 heterocycles. The molecule has 3 heteroatoms. The van der Waals surface area contributed by atoms with Gasteiger partial charge in [0.2, 0.25) is 0 Å². The van der Waals surface area contributed by atoms with Gasteiger partial charge in [0.15, 0.2) is 0 Å². The molecule has 0 saturated carbocycles. The minimum atomic E-state index is 0.934. The predicted octanol–water partition coefficient (Wildman–Crippen LogP) is 2.38. The zero-order valence-corrected chi connectivity index (χ0v) is 9.07. The van der Waals surface area contributed by atoms with Crippen LogP contribution in [0.25, 0.3) is 16.6 Å². The number of aryl methyl sites for hydroxylation is 1. The highest BCUT2D eigenvalue weighted by atomic mass is 15.3. The predicted molar refractivity (Wildman–Crippen MR) is 63.2 cm³/mol. The molecule has 0 aliphatic carbocycles. The topological polar surface area (TPSA) is 43.8 Å². The molecule has 2 aromatic rings. The molecule has 0 atom stereocenters. The third kappa shape index (κ3) is 1.73. The summed E-state index contributed by atoms with van der Waals surface area (Å²) < 4.78 is 1.81. The van der Waals surface area contributed by atoms with Gasteiger partial charge in [-0.1, -0.05) is 19.1 Å². The van der Waals surface area contributed by atoms with Gasteiger partial charge in [-0.25, -0.2) is 4.68 Å². The lowest BCUT2D eigenvalue weighted by Gasteiger charge is -1.96. The van der Waals surface area contributed by atoms with Crippen LogP contribution in [0.5, 0.6) is 0 Å². The summed E-state index contributed by atoms with van der Waals surface area (Å²) in [4.78, 5) is 0. The van der Waals surface area contributed by atoms with E-state index in [4.69, 9.17) is 5.73 Å². The van der Waals surface area contributed by atoms with Crippen LogP contribution in [0.1, 0.15) is 19.4 Å². The fourth-order valence-electron chi connectivity index (χ4n) is 1.54. The van der Waals surface area contributed by atoms with Crippen molar-refractivity contribution in [3.05, 3.63) is 36.2 Å². The molecule has 0 fully saturated rings. The van der Waals surface area contributed by atoms with Gasteiger partial charge in [-0.2, -0.15) is 5.10 Å². The zero-order chi connectivity index (χ0) is 10.8. The van der Waals surface area contributed by atoms with Gasteiger partial charge in [0.25, 0.3) is 0 Å². The van der Waals surface area contributed by atoms with E-state index in [2.05, 4.69) is 30.2 Å². The molecule has 3 nitrogen and oxygen atoms in total. The maximum atomic E-state index is 5.46. The van der Waals surface area contributed by atoms with E-state index in [0.29, 0.717) is 0 Å². The lowest BCUT2D eigenvalue weighted by Crippen LogP contribution is -1.96. The molecule has 0 aliphatic rings. The molecule has 2 N–H and O–H groups in total. The Kier molecular flexibility index (Phi) is 2.46. The van der Waals surface area contributed by atoms with E-state index in [-0.39, 0.29) is 0 Å². The van der Waals surface area contributed by atoms with Gasteiger partial charge in [-0.05, 0) is 25.0 Å². The van der Waals surface area contributed by atoms with Crippen molar-refractivity contribution in [1.82, 2.24) is 9.78 Å². The van der Waals surface area contributed by atoms with Crippen molar-refractivity contribution in [2.45, 2.75) is 20.3 Å². The van der Waals surface area contributed by atoms with Gasteiger partial charge >= 0.3 is 0 Å². The second-order valence-electron chi connectivity index (χ2n) is 3.63. The highest BCUT2D eigenvalue weighted by molar-refractivity contribution is 5.79. The number of hydrogen-bond acceptors (Lipinski definition) is 2. The van der Waals surface area contributed by atoms with E-state index < -0.39 is 0 Å². The lowest BCUT2D eigenvalue weighted by molar-refractivity contribution is 0.908. The second kappa shape index (κ2) is 3.77. The average Bonchev–Trinajstić information content (AvgIpc) is 2.70. The van der Waals surface area contributed by atoms with Crippen molar-refractivity contribution >= 4 is 16.6 Å². The van der Waals surface area contributed by atoms with Crippen molar-refractivity contribution < 1.29 is 0 Å². The molecule has 0 spiro atoms. The minimum absolute atomic E-state index is 0.934. The van der Waals surface area contributed by atoms with E-state index in [1.807, 2.05) is 17.8 Å². The Morgan fingerprint density at radius 2 is 2.33 bits per heavy atom. The Morgan fingerprint density at radius 3 is 3.00 bits per heavy atom. The van der Waals surface area contributed by atoms with E-state index in [1.165, 1.54) is 5.56 Å². The van der Waals surface area contributed by atoms with Crippen LogP contribution in [-0.2, 0) is 6.42 Å². The van der Waals surface area contributed by atoms with Crippen LogP contribution in [0.4, 0.5) is 0 Å². The number of hydrogen-bond donors (Lipinski definition) is 1. The summed E-state index contributed by atoms with van der Waals surface area (Å²) in [6.45, 7) is 4.08. The maximum absolute atomic E-state index is 5.46. The summed E-state index contributed by atoms with van der Waals surface area (Å²) in [6.07, 6.45) is 4.59. The first kappa shape index (κ1) is 9.77. The molecular weight excluding hydrogens is 186 g/mol. The number of nitrogens with zero attached hydrogens (tertiary/aromatic N) is 2. The van der Waals surface area contributed by atoms with E-state index in [9.17, 15) is 0 Å². The van der Waals surface area contributed by atoms with E-state index >= 15 is 0 Å². The van der Waals surface area contributed by atoms with Crippen LogP contribution in [-0.4, -0.2) is 9.78 Å². The highest BCUT2D eigenvalue weighted by Crippen LogP contribution is 2.16. The summed E-state index contributed by atoms with van der Waals surface area (Å²) in [5.74, 6) is 0. The molecule has 15 heavy (non-hydrogen) atoms. The number of nitrogens with two attached hydrogens (primary N) is 1. The average molecular weight is 201 g/mol. The zero-order valence-electron chi connectivity index (χ0n) is 9.07. The normalized spacial score (nSPS) is 12.3. The monoisotopic (exact) mass is 201 g/mol. The van der Waals surface area contributed by atoms with Crippen LogP contribution in [0.15, 0.2) is 30.6 Å². The van der Waals surface area contributed by atoms with Crippen molar-refractivity contribution in [2.24, 2.45) is 5.73 Å². The summed E-state index contributed by atoms with van der Waals surface area (Å²) in [5, 5.41) is 5.61. The Hall–Kier alpha value is -1.77. The molecular formula is C12H15N3. The molecule has 0 radical (unpaired) electrons. The van der Waals surface area contributed by atoms with Gasteiger partial charge in [0.05, 0.1) is 11.2 Å². The minimum Gasteiger partial charge on any atom is -0.403 e. The van der Waals surface area contributed by atoms with Gasteiger partial charge in [0.1, 0.15) is 0 Å². The summed E-state index contributed by atoms with van der Waals surface area (Å²) >= 11 is 0. The first-order valence-corrected chi connectivity index (χ1v) is 5.11. The molecule has 0 amide bonds. The number of fused-ring (bicyclic) bond motifs is 1. The Morgan fingerprint density at radius 1 is 1.53 bits per heavy atom. The summed E-state index contributed by atoms with van der Waals surface area (Å²) in [7, 11) is 0. The first-order valence-electron chi connectivity index (χ1n) is 5.11. The SMILES string of the molecule is CCc1ccc2cn(/C(C)=C\N)nc2c1. The summed E-state index contributed by atoms with van der Waals surface area (Å²) in [5.41, 5.74) is 8.72. The van der Waals surface area contributed by atoms with Crippen molar-refractivity contribution in [2.75, 3.05) is 0 Å². The quantitative estimate of drug-likeness (QED) is 0.810. The molecule has 0 bridgehead atoms. The molecule has 0 unspecified atom stereocenters. The smallest absolute Gasteiger partial charge is 0.0930 e. The third-order valence-electron chi connectivity index (χ3n) is 2.58. The van der Waals surface area contributed by atoms with Crippen molar-refractivity contribution in [3.63, 3.8) is 0 Å². The Balaban J connectivity index is 2.56. The molecule has 1 aromatic heterocycles. The van der Waals surface area contributed by atoms with Gasteiger partial charge < -0.3 is 5.73 Å². The fourth-order valence-corrected chi connectivity index (χ4v) is 1.54. The lowest BCUT2D eigenvalue weighted by atomic mass is 10.1. The number of allylic oxidation sites excluding steroid dienone is 1. The molecule has 0 aliphatic heterocycles.